The zero-order valence-electron chi connectivity index (χ0n) is 22.6. The number of nitrogens with one attached hydrogen (secondary N) is 1. The molecule has 6 aromatic rings. The normalized spacial score (nSPS) is 20.0. The summed E-state index contributed by atoms with van der Waals surface area (Å²) in [6.45, 7) is 10.3. The number of nitrogens with zero attached hydrogens (tertiary/aromatic N) is 1. The molecule has 7 heteroatoms. The summed E-state index contributed by atoms with van der Waals surface area (Å²) in [7, 11) is 0. The van der Waals surface area contributed by atoms with Crippen LogP contribution in [0.25, 0.3) is 27.5 Å². The Kier molecular flexibility index (Phi) is 3.77. The van der Waals surface area contributed by atoms with Gasteiger partial charge in [0.2, 0.25) is 0 Å². The van der Waals surface area contributed by atoms with Gasteiger partial charge in [-0.2, -0.15) is 0 Å². The van der Waals surface area contributed by atoms with Crippen molar-refractivity contribution in [2.75, 3.05) is 5.09 Å². The summed E-state index contributed by atoms with van der Waals surface area (Å²) in [6, 6.07) is 41.1. The summed E-state index contributed by atoms with van der Waals surface area (Å²) in [5, 5.41) is 8.42. The molecule has 0 spiro atoms. The molecule has 1 N–H and O–H groups in total. The Bertz CT molecular complexity index is 2110. The number of fused-ring (bicyclic) bond motifs is 8. The fourth-order valence-corrected chi connectivity index (χ4v) is 13.8. The van der Waals surface area contributed by atoms with Crippen molar-refractivity contribution in [2.45, 2.75) is 19.3 Å². The van der Waals surface area contributed by atoms with Crippen molar-refractivity contribution in [3.63, 3.8) is 0 Å². The van der Waals surface area contributed by atoms with Gasteiger partial charge in [-0.05, 0) is 0 Å². The van der Waals surface area contributed by atoms with Crippen molar-refractivity contribution in [1.82, 2.24) is 4.57 Å². The van der Waals surface area contributed by atoms with E-state index >= 15 is 0 Å². The number of rotatable bonds is 3. The van der Waals surface area contributed by atoms with Crippen LogP contribution >= 0.6 is 6.39 Å². The Morgan fingerprint density at radius 1 is 0.775 bits per heavy atom. The van der Waals surface area contributed by atoms with Crippen LogP contribution in [0.4, 0.5) is 5.69 Å². The van der Waals surface area contributed by atoms with Crippen LogP contribution in [0.3, 0.4) is 0 Å². The summed E-state index contributed by atoms with van der Waals surface area (Å²) in [4.78, 5) is 0. The number of hydrogen-bond acceptors (Lipinski definition) is 1. The van der Waals surface area contributed by atoms with Crippen LogP contribution in [0.2, 0.25) is 0 Å². The first kappa shape index (κ1) is 22.1. The molecule has 0 bridgehead atoms. The number of para-hydroxylation sites is 2. The molecule has 185 valence electrons. The van der Waals surface area contributed by atoms with E-state index in [1.54, 1.807) is 0 Å². The molecule has 5 aromatic carbocycles. The van der Waals surface area contributed by atoms with E-state index in [4.69, 9.17) is 0 Å². The van der Waals surface area contributed by atoms with Gasteiger partial charge in [0.25, 0.3) is 0 Å². The van der Waals surface area contributed by atoms with Gasteiger partial charge >= 0.3 is 237 Å². The van der Waals surface area contributed by atoms with Crippen LogP contribution in [-0.4, -0.2) is 31.3 Å². The molecule has 4 aliphatic heterocycles. The second kappa shape index (κ2) is 6.81. The van der Waals surface area contributed by atoms with Crippen molar-refractivity contribution in [3.8, 4) is 5.69 Å². The molecule has 4 aliphatic rings. The predicted molar refractivity (Wildman–Crippen MR) is 178 cm³/mol. The Balaban J connectivity index is 1.33. The molecule has 2 nitrogen and oxygen atoms in total. The first-order valence-electron chi connectivity index (χ1n) is 14.4. The molecule has 0 aliphatic carbocycles. The zero-order chi connectivity index (χ0) is 26.5. The van der Waals surface area contributed by atoms with Crippen LogP contribution in [0, 0.1) is 0 Å². The maximum atomic E-state index is 4.10. The molecular weight excluding hydrogens is 499 g/mol. The van der Waals surface area contributed by atoms with Gasteiger partial charge in [-0.25, -0.2) is 0 Å². The van der Waals surface area contributed by atoms with Gasteiger partial charge in [-0.1, -0.05) is 0 Å². The average molecular weight is 524 g/mol. The molecule has 2 saturated heterocycles. The predicted octanol–water partition coefficient (Wildman–Crippen LogP) is 4.71. The minimum atomic E-state index is -2.39. The van der Waals surface area contributed by atoms with E-state index in [0.29, 0.717) is 6.21 Å². The number of hydrogen-bond donors (Lipinski definition) is 1. The number of anilines is 1. The van der Waals surface area contributed by atoms with E-state index < -0.39 is 6.39 Å². The Morgan fingerprint density at radius 2 is 1.48 bits per heavy atom. The quantitative estimate of drug-likeness (QED) is 0.262. The van der Waals surface area contributed by atoms with Gasteiger partial charge in [-0.15, -0.1) is 0 Å². The van der Waals surface area contributed by atoms with Crippen LogP contribution < -0.4 is 26.8 Å². The first-order valence-corrected chi connectivity index (χ1v) is 16.8. The van der Waals surface area contributed by atoms with E-state index in [-0.39, 0.29) is 12.1 Å². The minimum absolute atomic E-state index is 0.0494. The van der Waals surface area contributed by atoms with Gasteiger partial charge in [0.05, 0.1) is 0 Å². The van der Waals surface area contributed by atoms with Crippen molar-refractivity contribution in [1.29, 1.82) is 0 Å². The third-order valence-electron chi connectivity index (χ3n) is 10.5. The first-order chi connectivity index (χ1) is 19.5. The Hall–Kier alpha value is -3.61. The van der Waals surface area contributed by atoms with Gasteiger partial charge in [0, 0.05) is 0 Å². The van der Waals surface area contributed by atoms with Crippen LogP contribution in [-0.2, 0) is 5.41 Å². The standard InChI is InChI=1S/C33H25B4N2P/c1-33(2)23-14-6-7-16-25(23)36-26-17-8-13-22-30-27(39(32(22)26)28-19-9-15-24(33)31(28)36)18-10-20-29(30)40(34-37(40)35-40)38-21-11-4-3-5-12-21/h3-20,38H,1-2H3/q-1. The monoisotopic (exact) mass is 524 g/mol. The summed E-state index contributed by atoms with van der Waals surface area (Å²) in [5.74, 6) is 0. The fourth-order valence-electron chi connectivity index (χ4n) is 8.46. The SMILES string of the molecule is CC1(C)c2ccccc2B2c3c(cccc31)-n1c3cccc(P45(Nc6ccccc6)[B]B4[B-]5)c3c3cccc2c31. The number of aromatic nitrogens is 1. The average Bonchev–Trinajstić information content (AvgIpc) is 3.77. The second-order valence-corrected chi connectivity index (χ2v) is 17.3. The topological polar surface area (TPSA) is 17.0 Å². The molecule has 0 amide bonds. The second-order valence-electron chi connectivity index (χ2n) is 12.7. The molecule has 0 unspecified atom stereocenters. The van der Waals surface area contributed by atoms with Crippen molar-refractivity contribution >= 4 is 82.3 Å². The molecule has 0 atom stereocenters. The summed E-state index contributed by atoms with van der Waals surface area (Å²) >= 11 is 0. The number of benzene rings is 5. The van der Waals surface area contributed by atoms with Gasteiger partial charge in [0.1, 0.15) is 0 Å². The van der Waals surface area contributed by atoms with Crippen LogP contribution in [0.15, 0.2) is 109 Å². The Morgan fingerprint density at radius 3 is 2.30 bits per heavy atom. The third kappa shape index (κ3) is 2.36. The third-order valence-corrected chi connectivity index (χ3v) is 15.5. The van der Waals surface area contributed by atoms with Gasteiger partial charge < -0.3 is 0 Å². The molecular formula is C33H25B4N2P-. The molecule has 5 heterocycles. The van der Waals surface area contributed by atoms with Crippen LogP contribution in [0.5, 0.6) is 0 Å². The van der Waals surface area contributed by atoms with E-state index in [1.807, 2.05) is 0 Å². The van der Waals surface area contributed by atoms with E-state index in [2.05, 4.69) is 146 Å². The van der Waals surface area contributed by atoms with E-state index in [1.165, 1.54) is 66.0 Å². The van der Waals surface area contributed by atoms with Crippen molar-refractivity contribution in [2.24, 2.45) is 0 Å². The van der Waals surface area contributed by atoms with E-state index in [9.17, 15) is 0 Å². The van der Waals surface area contributed by atoms with Crippen LogP contribution in [0.1, 0.15) is 25.0 Å². The summed E-state index contributed by atoms with van der Waals surface area (Å²) in [6.07, 6.45) is -1.80. The molecule has 1 aromatic heterocycles. The van der Waals surface area contributed by atoms with Crippen molar-refractivity contribution in [3.05, 3.63) is 120 Å². The summed E-state index contributed by atoms with van der Waals surface area (Å²) in [5.41, 5.74) is 12.5. The molecule has 10 rings (SSSR count). The molecule has 3 radical (unpaired) electrons. The van der Waals surface area contributed by atoms with Gasteiger partial charge in [-0.3, -0.25) is 0 Å². The van der Waals surface area contributed by atoms with E-state index in [0.717, 1.165) is 0 Å². The summed E-state index contributed by atoms with van der Waals surface area (Å²) < 4.78 is 2.60. The molecule has 0 saturated carbocycles. The Labute approximate surface area is 236 Å². The zero-order valence-corrected chi connectivity index (χ0v) is 23.5. The van der Waals surface area contributed by atoms with Crippen molar-refractivity contribution < 1.29 is 0 Å². The maximum absolute atomic E-state index is 4.10. The van der Waals surface area contributed by atoms with Gasteiger partial charge in [0.15, 0.2) is 0 Å². The molecule has 2 fully saturated rings. The fraction of sp³-hybridized carbons (Fsp3) is 0.0909. The molecule has 40 heavy (non-hydrogen) atoms.